The smallest absolute Gasteiger partial charge is 0.128 e. The molecule has 1 aliphatic heterocycles. The average Bonchev–Trinajstić information content (AvgIpc) is 2.43. The second-order valence-electron chi connectivity index (χ2n) is 5.94. The molecule has 20 heavy (non-hydrogen) atoms. The quantitative estimate of drug-likeness (QED) is 0.891. The van der Waals surface area contributed by atoms with Gasteiger partial charge in [0.2, 0.25) is 0 Å². The van der Waals surface area contributed by atoms with Gasteiger partial charge in [-0.2, -0.15) is 0 Å². The maximum Gasteiger partial charge on any atom is 0.128 e. The van der Waals surface area contributed by atoms with Crippen LogP contribution in [0, 0.1) is 17.6 Å². The molecule has 1 aliphatic rings. The van der Waals surface area contributed by atoms with E-state index in [2.05, 4.69) is 24.1 Å². The summed E-state index contributed by atoms with van der Waals surface area (Å²) in [5.41, 5.74) is 0.507. The van der Waals surface area contributed by atoms with Gasteiger partial charge in [0.15, 0.2) is 0 Å². The molecule has 0 aliphatic carbocycles. The molecule has 1 fully saturated rings. The molecule has 112 valence electrons. The number of benzene rings is 1. The van der Waals surface area contributed by atoms with Crippen molar-refractivity contribution in [3.05, 3.63) is 35.4 Å². The molecule has 1 atom stereocenters. The molecule has 1 aromatic carbocycles. The fourth-order valence-corrected chi connectivity index (χ4v) is 2.79. The van der Waals surface area contributed by atoms with Gasteiger partial charge < -0.3 is 5.32 Å². The highest BCUT2D eigenvalue weighted by Crippen LogP contribution is 2.30. The van der Waals surface area contributed by atoms with Gasteiger partial charge in [-0.15, -0.1) is 0 Å². The van der Waals surface area contributed by atoms with Gasteiger partial charge in [0.05, 0.1) is 0 Å². The Morgan fingerprint density at radius 1 is 1.15 bits per heavy atom. The highest BCUT2D eigenvalue weighted by atomic mass is 19.1. The van der Waals surface area contributed by atoms with Crippen LogP contribution in [-0.4, -0.2) is 31.1 Å². The lowest BCUT2D eigenvalue weighted by Gasteiger charge is -2.35. The molecule has 1 saturated heterocycles. The van der Waals surface area contributed by atoms with E-state index in [0.717, 1.165) is 39.0 Å². The maximum absolute atomic E-state index is 14.1. The number of rotatable bonds is 5. The summed E-state index contributed by atoms with van der Waals surface area (Å²) in [5, 5.41) is 3.30. The van der Waals surface area contributed by atoms with E-state index in [-0.39, 0.29) is 17.7 Å². The zero-order chi connectivity index (χ0) is 14.5. The van der Waals surface area contributed by atoms with E-state index in [1.165, 1.54) is 18.2 Å². The summed E-state index contributed by atoms with van der Waals surface area (Å²) < 4.78 is 27.6. The lowest BCUT2D eigenvalue weighted by atomic mass is 9.95. The summed E-state index contributed by atoms with van der Waals surface area (Å²) in [6, 6.07) is 3.78. The Morgan fingerprint density at radius 2 is 1.85 bits per heavy atom. The molecule has 0 amide bonds. The zero-order valence-corrected chi connectivity index (χ0v) is 12.3. The molecule has 2 rings (SSSR count). The van der Waals surface area contributed by atoms with Gasteiger partial charge in [0.1, 0.15) is 11.6 Å². The van der Waals surface area contributed by atoms with E-state index < -0.39 is 0 Å². The molecule has 1 aromatic rings. The van der Waals surface area contributed by atoms with Gasteiger partial charge in [-0.05, 0) is 37.0 Å². The van der Waals surface area contributed by atoms with E-state index in [0.29, 0.717) is 11.5 Å². The summed E-state index contributed by atoms with van der Waals surface area (Å²) in [6.07, 6.45) is 1.89. The second-order valence-corrected chi connectivity index (χ2v) is 5.94. The summed E-state index contributed by atoms with van der Waals surface area (Å²) in [5.74, 6) is -0.0817. The molecular weight excluding hydrogens is 258 g/mol. The molecule has 0 unspecified atom stereocenters. The fourth-order valence-electron chi connectivity index (χ4n) is 2.79. The monoisotopic (exact) mass is 282 g/mol. The van der Waals surface area contributed by atoms with Crippen LogP contribution in [0.15, 0.2) is 18.2 Å². The van der Waals surface area contributed by atoms with Crippen molar-refractivity contribution in [3.63, 3.8) is 0 Å². The van der Waals surface area contributed by atoms with Crippen molar-refractivity contribution >= 4 is 0 Å². The Kier molecular flexibility index (Phi) is 5.49. The third kappa shape index (κ3) is 4.00. The van der Waals surface area contributed by atoms with Gasteiger partial charge >= 0.3 is 0 Å². The maximum atomic E-state index is 14.1. The van der Waals surface area contributed by atoms with Gasteiger partial charge in [-0.25, -0.2) is 8.78 Å². The Balaban J connectivity index is 2.21. The molecule has 1 N–H and O–H groups in total. The third-order valence-electron chi connectivity index (χ3n) is 3.93. The van der Waals surface area contributed by atoms with E-state index in [9.17, 15) is 8.78 Å². The van der Waals surface area contributed by atoms with Crippen molar-refractivity contribution in [1.82, 2.24) is 10.2 Å². The van der Waals surface area contributed by atoms with Crippen LogP contribution >= 0.6 is 0 Å². The minimum atomic E-state index is -0.355. The van der Waals surface area contributed by atoms with E-state index in [4.69, 9.17) is 0 Å². The average molecular weight is 282 g/mol. The van der Waals surface area contributed by atoms with Gasteiger partial charge in [-0.1, -0.05) is 13.8 Å². The lowest BCUT2D eigenvalue weighted by molar-refractivity contribution is 0.156. The molecule has 1 heterocycles. The van der Waals surface area contributed by atoms with Crippen LogP contribution in [0.4, 0.5) is 8.78 Å². The minimum Gasteiger partial charge on any atom is -0.314 e. The number of halogens is 2. The summed E-state index contributed by atoms with van der Waals surface area (Å²) >= 11 is 0. The number of piperazine rings is 1. The summed E-state index contributed by atoms with van der Waals surface area (Å²) in [7, 11) is 0. The Hall–Kier alpha value is -1.00. The van der Waals surface area contributed by atoms with Gasteiger partial charge in [-0.3, -0.25) is 4.90 Å². The van der Waals surface area contributed by atoms with Crippen LogP contribution in [0.1, 0.15) is 38.3 Å². The Bertz CT molecular complexity index is 428. The fraction of sp³-hybridized carbons (Fsp3) is 0.625. The molecule has 0 bridgehead atoms. The predicted octanol–water partition coefficient (Wildman–Crippen LogP) is 3.35. The molecule has 0 aromatic heterocycles. The highest BCUT2D eigenvalue weighted by Gasteiger charge is 2.25. The van der Waals surface area contributed by atoms with Crippen LogP contribution < -0.4 is 5.32 Å². The second kappa shape index (κ2) is 7.14. The van der Waals surface area contributed by atoms with Crippen molar-refractivity contribution < 1.29 is 8.78 Å². The number of nitrogens with one attached hydrogen (secondary N) is 1. The standard InChI is InChI=1S/C16H24F2N2/c1-12(2)3-6-16(20-9-7-19-8-10-20)14-11-13(17)4-5-15(14)18/h4-5,11-12,16,19H,3,6-10H2,1-2H3/t16-/m0/s1. The van der Waals surface area contributed by atoms with E-state index >= 15 is 0 Å². The molecule has 0 radical (unpaired) electrons. The van der Waals surface area contributed by atoms with Crippen LogP contribution in [0.3, 0.4) is 0 Å². The first-order valence-electron chi connectivity index (χ1n) is 7.47. The van der Waals surface area contributed by atoms with Crippen molar-refractivity contribution in [2.45, 2.75) is 32.7 Å². The van der Waals surface area contributed by atoms with Crippen molar-refractivity contribution in [1.29, 1.82) is 0 Å². The number of nitrogens with zero attached hydrogens (tertiary/aromatic N) is 1. The van der Waals surface area contributed by atoms with Crippen LogP contribution in [0.25, 0.3) is 0 Å². The van der Waals surface area contributed by atoms with Gasteiger partial charge in [0.25, 0.3) is 0 Å². The van der Waals surface area contributed by atoms with E-state index in [1.54, 1.807) is 0 Å². The largest absolute Gasteiger partial charge is 0.314 e. The predicted molar refractivity (Wildman–Crippen MR) is 77.6 cm³/mol. The molecule has 2 nitrogen and oxygen atoms in total. The third-order valence-corrected chi connectivity index (χ3v) is 3.93. The summed E-state index contributed by atoms with van der Waals surface area (Å²) in [6.45, 7) is 7.93. The lowest BCUT2D eigenvalue weighted by Crippen LogP contribution is -2.45. The zero-order valence-electron chi connectivity index (χ0n) is 12.3. The molecule has 0 spiro atoms. The number of hydrogen-bond donors (Lipinski definition) is 1. The summed E-state index contributed by atoms with van der Waals surface area (Å²) in [4.78, 5) is 2.27. The highest BCUT2D eigenvalue weighted by molar-refractivity contribution is 5.22. The Labute approximate surface area is 120 Å². The minimum absolute atomic E-state index is 0.0183. The first-order valence-corrected chi connectivity index (χ1v) is 7.47. The van der Waals surface area contributed by atoms with Crippen LogP contribution in [0.5, 0.6) is 0 Å². The topological polar surface area (TPSA) is 15.3 Å². The molecule has 0 saturated carbocycles. The Morgan fingerprint density at radius 3 is 2.50 bits per heavy atom. The van der Waals surface area contributed by atoms with Gasteiger partial charge in [0, 0.05) is 37.8 Å². The van der Waals surface area contributed by atoms with E-state index in [1.807, 2.05) is 0 Å². The SMILES string of the molecule is CC(C)CC[C@@H](c1cc(F)ccc1F)N1CCNCC1. The molecule has 4 heteroatoms. The first kappa shape index (κ1) is 15.4. The van der Waals surface area contributed by atoms with Crippen molar-refractivity contribution in [2.75, 3.05) is 26.2 Å². The first-order chi connectivity index (χ1) is 9.58. The van der Waals surface area contributed by atoms with Crippen molar-refractivity contribution in [3.8, 4) is 0 Å². The normalized spacial score (nSPS) is 18.4. The van der Waals surface area contributed by atoms with Crippen LogP contribution in [0.2, 0.25) is 0 Å². The van der Waals surface area contributed by atoms with Crippen molar-refractivity contribution in [2.24, 2.45) is 5.92 Å². The number of hydrogen-bond acceptors (Lipinski definition) is 2. The molecular formula is C16H24F2N2. The van der Waals surface area contributed by atoms with Crippen LogP contribution in [-0.2, 0) is 0 Å².